The van der Waals surface area contributed by atoms with Gasteiger partial charge in [-0.05, 0) is 66.4 Å². The molecule has 9 heteroatoms. The number of imidazole rings is 1. The number of thiophene rings is 1. The van der Waals surface area contributed by atoms with Gasteiger partial charge >= 0.3 is 0 Å². The van der Waals surface area contributed by atoms with Crippen molar-refractivity contribution in [1.82, 2.24) is 14.9 Å². The Hall–Kier alpha value is -3.82. The number of nitrogens with zero attached hydrogens (tertiary/aromatic N) is 2. The summed E-state index contributed by atoms with van der Waals surface area (Å²) in [6, 6.07) is 16.5. The predicted octanol–water partition coefficient (Wildman–Crippen LogP) is 6.63. The van der Waals surface area contributed by atoms with Crippen molar-refractivity contribution in [3.8, 4) is 5.69 Å². The molecule has 0 aliphatic heterocycles. The molecule has 3 N–H and O–H groups in total. The minimum absolute atomic E-state index is 0.163. The van der Waals surface area contributed by atoms with Gasteiger partial charge in [-0.15, -0.1) is 11.3 Å². The minimum Gasteiger partial charge on any atom is -0.322 e. The summed E-state index contributed by atoms with van der Waals surface area (Å²) >= 11 is 1.11. The van der Waals surface area contributed by atoms with E-state index in [0.29, 0.717) is 39.1 Å². The molecule has 198 valence electrons. The molecule has 2 aromatic carbocycles. The van der Waals surface area contributed by atoms with Gasteiger partial charge in [0.1, 0.15) is 6.17 Å². The minimum atomic E-state index is -1.15. The zero-order valence-corrected chi connectivity index (χ0v) is 22.8. The third-order valence-corrected chi connectivity index (χ3v) is 6.97. The van der Waals surface area contributed by atoms with E-state index in [-0.39, 0.29) is 17.2 Å². The number of alkyl halides is 1. The first-order chi connectivity index (χ1) is 18.0. The lowest BCUT2D eigenvalue weighted by Crippen LogP contribution is -2.26. The fourth-order valence-corrected chi connectivity index (χ4v) is 4.76. The number of fused-ring (bicyclic) bond motifs is 1. The number of anilines is 2. The van der Waals surface area contributed by atoms with Gasteiger partial charge in [0.05, 0.1) is 21.6 Å². The summed E-state index contributed by atoms with van der Waals surface area (Å²) in [4.78, 5) is 30.6. The third-order valence-electron chi connectivity index (χ3n) is 5.73. The molecule has 0 fully saturated rings. The Morgan fingerprint density at radius 3 is 2.61 bits per heavy atom. The monoisotopic (exact) mass is 533 g/mol. The van der Waals surface area contributed by atoms with Crippen molar-refractivity contribution in [2.75, 3.05) is 17.2 Å². The van der Waals surface area contributed by atoms with E-state index in [1.54, 1.807) is 24.3 Å². The number of aromatic nitrogens is 2. The summed E-state index contributed by atoms with van der Waals surface area (Å²) in [7, 11) is 0. The van der Waals surface area contributed by atoms with Crippen molar-refractivity contribution in [1.29, 1.82) is 0 Å². The molecule has 4 aromatic rings. The van der Waals surface area contributed by atoms with Gasteiger partial charge in [0, 0.05) is 23.7 Å². The Bertz CT molecular complexity index is 1480. The van der Waals surface area contributed by atoms with E-state index in [2.05, 4.69) is 43.3 Å². The fourth-order valence-electron chi connectivity index (χ4n) is 3.93. The van der Waals surface area contributed by atoms with E-state index >= 15 is 0 Å². The molecular formula is C29H32FN5O2S. The first-order valence-electron chi connectivity index (χ1n) is 12.3. The topological polar surface area (TPSA) is 88.1 Å². The van der Waals surface area contributed by atoms with Gasteiger partial charge in [-0.2, -0.15) is 0 Å². The van der Waals surface area contributed by atoms with Crippen molar-refractivity contribution in [3.63, 3.8) is 0 Å². The molecule has 38 heavy (non-hydrogen) atoms. The lowest BCUT2D eigenvalue weighted by molar-refractivity contribution is -0.111. The number of rotatable bonds is 9. The Kier molecular flexibility index (Phi) is 8.08. The highest BCUT2D eigenvalue weighted by Crippen LogP contribution is 2.30. The highest BCUT2D eigenvalue weighted by molar-refractivity contribution is 7.14. The van der Waals surface area contributed by atoms with Gasteiger partial charge in [-0.3, -0.25) is 19.5 Å². The van der Waals surface area contributed by atoms with Crippen LogP contribution in [0.25, 0.3) is 16.7 Å². The summed E-state index contributed by atoms with van der Waals surface area (Å²) in [5.41, 5.74) is 4.01. The van der Waals surface area contributed by atoms with E-state index in [4.69, 9.17) is 4.98 Å². The average Bonchev–Trinajstić information content (AvgIpc) is 3.48. The molecule has 1 unspecified atom stereocenters. The van der Waals surface area contributed by atoms with Crippen LogP contribution in [0, 0.1) is 5.41 Å². The smallest absolute Gasteiger partial charge is 0.268 e. The van der Waals surface area contributed by atoms with Gasteiger partial charge in [-0.1, -0.05) is 39.5 Å². The zero-order valence-electron chi connectivity index (χ0n) is 22.0. The van der Waals surface area contributed by atoms with E-state index < -0.39 is 6.17 Å². The van der Waals surface area contributed by atoms with Crippen LogP contribution in [0.1, 0.15) is 54.0 Å². The maximum absolute atomic E-state index is 13.7. The number of halogens is 1. The second kappa shape index (κ2) is 11.3. The third kappa shape index (κ3) is 6.54. The van der Waals surface area contributed by atoms with Crippen molar-refractivity contribution < 1.29 is 14.0 Å². The molecule has 2 aromatic heterocycles. The van der Waals surface area contributed by atoms with Crippen LogP contribution in [-0.4, -0.2) is 27.9 Å². The van der Waals surface area contributed by atoms with Crippen molar-refractivity contribution in [2.45, 2.75) is 40.4 Å². The highest BCUT2D eigenvalue weighted by Gasteiger charge is 2.19. The normalized spacial score (nSPS) is 12.3. The Morgan fingerprint density at radius 2 is 1.92 bits per heavy atom. The van der Waals surface area contributed by atoms with Crippen LogP contribution in [0.3, 0.4) is 0 Å². The second-order valence-electron chi connectivity index (χ2n) is 10.3. The lowest BCUT2D eigenvalue weighted by Gasteiger charge is -2.18. The zero-order chi connectivity index (χ0) is 27.4. The summed E-state index contributed by atoms with van der Waals surface area (Å²) in [5, 5.41) is 9.14. The molecule has 0 radical (unpaired) electrons. The Balaban J connectivity index is 1.72. The number of nitrogens with one attached hydrogen (secondary N) is 3. The van der Waals surface area contributed by atoms with Crippen LogP contribution >= 0.6 is 11.3 Å². The summed E-state index contributed by atoms with van der Waals surface area (Å²) in [6.45, 7) is 13.0. The van der Waals surface area contributed by atoms with Gasteiger partial charge in [0.2, 0.25) is 11.9 Å². The van der Waals surface area contributed by atoms with Gasteiger partial charge in [0.25, 0.3) is 5.91 Å². The average molecular weight is 534 g/mol. The first-order valence-corrected chi connectivity index (χ1v) is 13.2. The molecule has 0 aliphatic carbocycles. The van der Waals surface area contributed by atoms with Crippen LogP contribution in [0.15, 0.2) is 67.3 Å². The number of amides is 2. The highest BCUT2D eigenvalue weighted by atomic mass is 32.1. The van der Waals surface area contributed by atoms with Gasteiger partial charge in [0.15, 0.2) is 0 Å². The largest absolute Gasteiger partial charge is 0.322 e. The molecule has 0 bridgehead atoms. The molecule has 0 saturated heterocycles. The summed E-state index contributed by atoms with van der Waals surface area (Å²) < 4.78 is 15.6. The van der Waals surface area contributed by atoms with Crippen molar-refractivity contribution in [3.05, 3.63) is 82.6 Å². The number of hydrogen-bond acceptors (Lipinski definition) is 5. The van der Waals surface area contributed by atoms with Crippen LogP contribution in [0.5, 0.6) is 0 Å². The van der Waals surface area contributed by atoms with E-state index in [1.165, 1.54) is 13.0 Å². The van der Waals surface area contributed by atoms with Crippen LogP contribution in [0.4, 0.5) is 16.0 Å². The fraction of sp³-hybridized carbons (Fsp3) is 0.276. The van der Waals surface area contributed by atoms with Crippen molar-refractivity contribution in [2.24, 2.45) is 5.41 Å². The van der Waals surface area contributed by atoms with Crippen molar-refractivity contribution >= 4 is 45.8 Å². The molecule has 2 heterocycles. The molecule has 0 aliphatic rings. The Labute approximate surface area is 225 Å². The molecule has 1 atom stereocenters. The molecular weight excluding hydrogens is 501 g/mol. The molecule has 0 spiro atoms. The predicted molar refractivity (Wildman–Crippen MR) is 153 cm³/mol. The van der Waals surface area contributed by atoms with E-state index in [0.717, 1.165) is 29.0 Å². The SMILES string of the molecule is C=CC(=O)Nc1cccc(-n2c(NC(=O)c3ccc(C(C)F)s3)nc3cc(CNCC(C)(C)C)ccc32)c1. The first kappa shape index (κ1) is 27.2. The second-order valence-corrected chi connectivity index (χ2v) is 11.4. The molecule has 4 rings (SSSR count). The molecule has 2 amide bonds. The summed E-state index contributed by atoms with van der Waals surface area (Å²) in [5.74, 6) is -0.379. The summed E-state index contributed by atoms with van der Waals surface area (Å²) in [6.07, 6.45) is 0.0539. The van der Waals surface area contributed by atoms with Gasteiger partial charge in [-0.25, -0.2) is 9.37 Å². The van der Waals surface area contributed by atoms with Crippen LogP contribution in [-0.2, 0) is 11.3 Å². The maximum Gasteiger partial charge on any atom is 0.268 e. The molecule has 7 nitrogen and oxygen atoms in total. The van der Waals surface area contributed by atoms with E-state index in [1.807, 2.05) is 34.9 Å². The number of hydrogen-bond donors (Lipinski definition) is 3. The quantitative estimate of drug-likeness (QED) is 0.211. The van der Waals surface area contributed by atoms with E-state index in [9.17, 15) is 14.0 Å². The lowest BCUT2D eigenvalue weighted by atomic mass is 9.97. The Morgan fingerprint density at radius 1 is 1.13 bits per heavy atom. The number of carbonyl (C=O) groups is 2. The van der Waals surface area contributed by atoms with Gasteiger partial charge < -0.3 is 10.6 Å². The molecule has 0 saturated carbocycles. The number of benzene rings is 2. The number of carbonyl (C=O) groups excluding carboxylic acids is 2. The van der Waals surface area contributed by atoms with Crippen LogP contribution in [0.2, 0.25) is 0 Å². The standard InChI is InChI=1S/C29H32FN5O2S/c1-6-26(36)32-20-8-7-9-21(15-20)35-23-11-10-19(16-31-17-29(3,4)5)14-22(23)33-28(35)34-27(37)25-13-12-24(38-25)18(2)30/h6-15,18,31H,1,16-17H2,2-5H3,(H,32,36)(H,33,34,37). The maximum atomic E-state index is 13.7. The van der Waals surface area contributed by atoms with Crippen LogP contribution < -0.4 is 16.0 Å².